The summed E-state index contributed by atoms with van der Waals surface area (Å²) in [6, 6.07) is 15.9. The van der Waals surface area contributed by atoms with Crippen LogP contribution in [-0.2, 0) is 4.79 Å². The van der Waals surface area contributed by atoms with Crippen LogP contribution in [-0.4, -0.2) is 17.0 Å². The maximum atomic E-state index is 12.4. The number of anilines is 1. The summed E-state index contributed by atoms with van der Waals surface area (Å²) in [5, 5.41) is 11.4. The van der Waals surface area contributed by atoms with Gasteiger partial charge in [-0.05, 0) is 36.2 Å². The average molecular weight is 298 g/mol. The standard InChI is InChI=1S/C17H18N2O3/c1-2-15(12-6-4-3-5-7-12)17(21)18-14-10-8-13(9-11-14)16(20)19-22/h3-11,15,22H,2H2,1H3,(H,18,21)(H,19,20)/t15-/m1/s1. The first-order chi connectivity index (χ1) is 10.7. The normalized spacial score (nSPS) is 11.5. The molecule has 22 heavy (non-hydrogen) atoms. The second-order valence-electron chi connectivity index (χ2n) is 4.88. The number of hydrogen-bond acceptors (Lipinski definition) is 3. The third-order valence-electron chi connectivity index (χ3n) is 3.44. The van der Waals surface area contributed by atoms with Crippen molar-refractivity contribution in [2.45, 2.75) is 19.3 Å². The van der Waals surface area contributed by atoms with Crippen LogP contribution in [0.4, 0.5) is 5.69 Å². The summed E-state index contributed by atoms with van der Waals surface area (Å²) in [6.07, 6.45) is 0.695. The third kappa shape index (κ3) is 3.71. The molecule has 0 aliphatic heterocycles. The molecule has 0 aromatic heterocycles. The van der Waals surface area contributed by atoms with E-state index >= 15 is 0 Å². The van der Waals surface area contributed by atoms with Crippen LogP contribution >= 0.6 is 0 Å². The first kappa shape index (κ1) is 15.7. The summed E-state index contributed by atoms with van der Waals surface area (Å²) in [5.41, 5.74) is 3.46. The molecule has 2 rings (SSSR count). The highest BCUT2D eigenvalue weighted by molar-refractivity contribution is 5.97. The van der Waals surface area contributed by atoms with E-state index in [0.29, 0.717) is 17.7 Å². The van der Waals surface area contributed by atoms with Crippen LogP contribution in [0, 0.1) is 0 Å². The molecule has 0 radical (unpaired) electrons. The predicted octanol–water partition coefficient (Wildman–Crippen LogP) is 2.94. The SMILES string of the molecule is CC[C@@H](C(=O)Nc1ccc(C(=O)NO)cc1)c1ccccc1. The zero-order valence-electron chi connectivity index (χ0n) is 12.2. The molecule has 0 fully saturated rings. The zero-order chi connectivity index (χ0) is 15.9. The van der Waals surface area contributed by atoms with Gasteiger partial charge in [0.05, 0.1) is 5.92 Å². The van der Waals surface area contributed by atoms with E-state index in [1.54, 1.807) is 17.6 Å². The van der Waals surface area contributed by atoms with Crippen LogP contribution in [0.2, 0.25) is 0 Å². The molecule has 0 bridgehead atoms. The van der Waals surface area contributed by atoms with Crippen molar-refractivity contribution in [2.24, 2.45) is 0 Å². The van der Waals surface area contributed by atoms with Crippen molar-refractivity contribution in [1.82, 2.24) is 5.48 Å². The van der Waals surface area contributed by atoms with Gasteiger partial charge in [0.1, 0.15) is 0 Å². The smallest absolute Gasteiger partial charge is 0.274 e. The van der Waals surface area contributed by atoms with Gasteiger partial charge >= 0.3 is 0 Å². The molecule has 3 N–H and O–H groups in total. The monoisotopic (exact) mass is 298 g/mol. The van der Waals surface area contributed by atoms with Crippen LogP contribution in [0.25, 0.3) is 0 Å². The van der Waals surface area contributed by atoms with Crippen molar-refractivity contribution in [3.05, 3.63) is 65.7 Å². The largest absolute Gasteiger partial charge is 0.326 e. The average Bonchev–Trinajstić information content (AvgIpc) is 2.56. The third-order valence-corrected chi connectivity index (χ3v) is 3.44. The minimum absolute atomic E-state index is 0.0898. The lowest BCUT2D eigenvalue weighted by Crippen LogP contribution is -2.21. The Morgan fingerprint density at radius 1 is 1.05 bits per heavy atom. The molecular weight excluding hydrogens is 280 g/mol. The van der Waals surface area contributed by atoms with Crippen LogP contribution in [0.3, 0.4) is 0 Å². The quantitative estimate of drug-likeness (QED) is 0.586. The molecule has 0 saturated heterocycles. The van der Waals surface area contributed by atoms with E-state index in [1.807, 2.05) is 37.3 Å². The van der Waals surface area contributed by atoms with Crippen molar-refractivity contribution in [1.29, 1.82) is 0 Å². The van der Waals surface area contributed by atoms with Gasteiger partial charge in [-0.15, -0.1) is 0 Å². The lowest BCUT2D eigenvalue weighted by Gasteiger charge is -2.15. The van der Waals surface area contributed by atoms with Crippen molar-refractivity contribution in [2.75, 3.05) is 5.32 Å². The minimum atomic E-state index is -0.589. The predicted molar refractivity (Wildman–Crippen MR) is 83.8 cm³/mol. The van der Waals surface area contributed by atoms with Crippen molar-refractivity contribution >= 4 is 17.5 Å². The van der Waals surface area contributed by atoms with Gasteiger partial charge in [-0.1, -0.05) is 37.3 Å². The van der Waals surface area contributed by atoms with Crippen LogP contribution < -0.4 is 10.8 Å². The second-order valence-corrected chi connectivity index (χ2v) is 4.88. The summed E-state index contributed by atoms with van der Waals surface area (Å²) in [6.45, 7) is 1.96. The second kappa shape index (κ2) is 7.38. The Morgan fingerprint density at radius 2 is 1.68 bits per heavy atom. The Bertz CT molecular complexity index is 639. The summed E-state index contributed by atoms with van der Waals surface area (Å²) >= 11 is 0. The number of rotatable bonds is 5. The van der Waals surface area contributed by atoms with Gasteiger partial charge in [-0.25, -0.2) is 5.48 Å². The number of hydroxylamine groups is 1. The Balaban J connectivity index is 2.09. The molecule has 0 aliphatic carbocycles. The molecule has 1 atom stereocenters. The van der Waals surface area contributed by atoms with E-state index in [4.69, 9.17) is 5.21 Å². The van der Waals surface area contributed by atoms with Crippen molar-refractivity contribution < 1.29 is 14.8 Å². The molecular formula is C17H18N2O3. The molecule has 5 heteroatoms. The molecule has 0 aliphatic rings. The van der Waals surface area contributed by atoms with E-state index < -0.39 is 5.91 Å². The maximum Gasteiger partial charge on any atom is 0.274 e. The lowest BCUT2D eigenvalue weighted by molar-refractivity contribution is -0.117. The molecule has 2 aromatic carbocycles. The topological polar surface area (TPSA) is 78.4 Å². The molecule has 0 saturated carbocycles. The zero-order valence-corrected chi connectivity index (χ0v) is 12.2. The first-order valence-electron chi connectivity index (χ1n) is 7.06. The van der Waals surface area contributed by atoms with Crippen molar-refractivity contribution in [3.63, 3.8) is 0 Å². The molecule has 0 heterocycles. The van der Waals surface area contributed by atoms with E-state index in [1.165, 1.54) is 12.1 Å². The van der Waals surface area contributed by atoms with Crippen LogP contribution in [0.5, 0.6) is 0 Å². The molecule has 114 valence electrons. The summed E-state index contributed by atoms with van der Waals surface area (Å²) < 4.78 is 0. The summed E-state index contributed by atoms with van der Waals surface area (Å²) in [4.78, 5) is 23.6. The molecule has 0 unspecified atom stereocenters. The summed E-state index contributed by atoms with van der Waals surface area (Å²) in [7, 11) is 0. The van der Waals surface area contributed by atoms with E-state index in [-0.39, 0.29) is 11.8 Å². The van der Waals surface area contributed by atoms with Crippen molar-refractivity contribution in [3.8, 4) is 0 Å². The highest BCUT2D eigenvalue weighted by Gasteiger charge is 2.18. The maximum absolute atomic E-state index is 12.4. The Labute approximate surface area is 128 Å². The number of hydrogen-bond donors (Lipinski definition) is 3. The first-order valence-corrected chi connectivity index (χ1v) is 7.06. The van der Waals surface area contributed by atoms with Gasteiger partial charge < -0.3 is 5.32 Å². The summed E-state index contributed by atoms with van der Waals surface area (Å²) in [5.74, 6) is -0.900. The van der Waals surface area contributed by atoms with E-state index in [2.05, 4.69) is 5.32 Å². The Hall–Kier alpha value is -2.66. The Kier molecular flexibility index (Phi) is 5.27. The van der Waals surface area contributed by atoms with E-state index in [9.17, 15) is 9.59 Å². The van der Waals surface area contributed by atoms with Gasteiger partial charge in [0, 0.05) is 11.3 Å². The van der Waals surface area contributed by atoms with Gasteiger partial charge in [0.15, 0.2) is 0 Å². The molecule has 2 amide bonds. The van der Waals surface area contributed by atoms with Gasteiger partial charge in [0.25, 0.3) is 5.91 Å². The number of carbonyl (C=O) groups is 2. The number of carbonyl (C=O) groups excluding carboxylic acids is 2. The molecule has 0 spiro atoms. The molecule has 5 nitrogen and oxygen atoms in total. The van der Waals surface area contributed by atoms with Crippen LogP contribution in [0.15, 0.2) is 54.6 Å². The molecule has 2 aromatic rings. The number of nitrogens with one attached hydrogen (secondary N) is 2. The highest BCUT2D eigenvalue weighted by atomic mass is 16.5. The number of benzene rings is 2. The van der Waals surface area contributed by atoms with E-state index in [0.717, 1.165) is 5.56 Å². The number of amides is 2. The minimum Gasteiger partial charge on any atom is -0.326 e. The highest BCUT2D eigenvalue weighted by Crippen LogP contribution is 2.21. The lowest BCUT2D eigenvalue weighted by atomic mass is 9.95. The van der Waals surface area contributed by atoms with Crippen LogP contribution in [0.1, 0.15) is 35.2 Å². The Morgan fingerprint density at radius 3 is 2.23 bits per heavy atom. The fourth-order valence-corrected chi connectivity index (χ4v) is 2.26. The fourth-order valence-electron chi connectivity index (χ4n) is 2.26. The van der Waals surface area contributed by atoms with Gasteiger partial charge in [-0.2, -0.15) is 0 Å². The fraction of sp³-hybridized carbons (Fsp3) is 0.176. The van der Waals surface area contributed by atoms with Gasteiger partial charge in [0.2, 0.25) is 5.91 Å². The van der Waals surface area contributed by atoms with Gasteiger partial charge in [-0.3, -0.25) is 14.8 Å².